The number of aromatic nitrogens is 2. The molecule has 0 fully saturated rings. The summed E-state index contributed by atoms with van der Waals surface area (Å²) in [4.78, 5) is 18.9. The van der Waals surface area contributed by atoms with E-state index < -0.39 is 10.0 Å². The molecule has 0 aliphatic rings. The minimum atomic E-state index is -3.51. The normalized spacial score (nSPS) is 11.9. The molecule has 0 aliphatic heterocycles. The molecule has 0 spiro atoms. The van der Waals surface area contributed by atoms with Gasteiger partial charge in [-0.25, -0.2) is 17.7 Å². The van der Waals surface area contributed by atoms with Gasteiger partial charge in [0, 0.05) is 37.2 Å². The van der Waals surface area contributed by atoms with Crippen molar-refractivity contribution in [3.8, 4) is 11.3 Å². The van der Waals surface area contributed by atoms with E-state index in [1.807, 2.05) is 47.9 Å². The van der Waals surface area contributed by atoms with E-state index in [9.17, 15) is 13.2 Å². The number of carbonyl (C=O) groups excluding carboxylic acids is 1. The summed E-state index contributed by atoms with van der Waals surface area (Å²) in [6.07, 6.45) is 1.92. The Balaban J connectivity index is 1.56. The third-order valence-electron chi connectivity index (χ3n) is 4.72. The lowest BCUT2D eigenvalue weighted by atomic mass is 10.2. The van der Waals surface area contributed by atoms with E-state index in [2.05, 4.69) is 10.3 Å². The minimum Gasteiger partial charge on any atom is -0.321 e. The molecule has 2 aromatic heterocycles. The first kappa shape index (κ1) is 20.3. The van der Waals surface area contributed by atoms with Gasteiger partial charge < -0.3 is 5.32 Å². The molecule has 154 valence electrons. The highest BCUT2D eigenvalue weighted by atomic mass is 32.2. The van der Waals surface area contributed by atoms with Crippen LogP contribution in [0.4, 0.5) is 5.69 Å². The molecule has 1 amide bonds. The lowest BCUT2D eigenvalue weighted by Crippen LogP contribution is -2.22. The molecule has 0 atom stereocenters. The van der Waals surface area contributed by atoms with Crippen molar-refractivity contribution in [1.29, 1.82) is 0 Å². The van der Waals surface area contributed by atoms with Crippen LogP contribution in [-0.4, -0.2) is 42.1 Å². The first-order chi connectivity index (χ1) is 14.3. The zero-order valence-electron chi connectivity index (χ0n) is 16.7. The topological polar surface area (TPSA) is 83.8 Å². The second-order valence-electron chi connectivity index (χ2n) is 6.93. The molecule has 9 heteroatoms. The predicted molar refractivity (Wildman–Crippen MR) is 119 cm³/mol. The van der Waals surface area contributed by atoms with Crippen LogP contribution < -0.4 is 5.32 Å². The quantitative estimate of drug-likeness (QED) is 0.511. The van der Waals surface area contributed by atoms with Gasteiger partial charge in [-0.1, -0.05) is 41.7 Å². The minimum absolute atomic E-state index is 0.171. The highest BCUT2D eigenvalue weighted by Gasteiger charge is 2.20. The number of sulfonamides is 1. The first-order valence-corrected chi connectivity index (χ1v) is 11.4. The van der Waals surface area contributed by atoms with Gasteiger partial charge in [-0.05, 0) is 31.2 Å². The van der Waals surface area contributed by atoms with E-state index in [0.717, 1.165) is 26.2 Å². The summed E-state index contributed by atoms with van der Waals surface area (Å²) in [6, 6.07) is 16.0. The van der Waals surface area contributed by atoms with Gasteiger partial charge in [-0.3, -0.25) is 9.20 Å². The van der Waals surface area contributed by atoms with E-state index >= 15 is 0 Å². The molecule has 1 N–H and O–H groups in total. The Hall–Kier alpha value is -3.01. The lowest BCUT2D eigenvalue weighted by Gasteiger charge is -2.12. The SMILES string of the molecule is Cc1c(C(=O)Nc2ccc(S(=O)(=O)N(C)C)cc2)sc2nc(-c3ccccc3)cn12. The maximum absolute atomic E-state index is 12.8. The van der Waals surface area contributed by atoms with E-state index in [0.29, 0.717) is 10.6 Å². The standard InChI is InChI=1S/C21H20N4O3S2/c1-14-19(29-21-23-18(13-25(14)21)15-7-5-4-6-8-15)20(26)22-16-9-11-17(12-10-16)30(27,28)24(2)3/h4-13H,1-3H3,(H,22,26). The van der Waals surface area contributed by atoms with Crippen LogP contribution in [0.1, 0.15) is 15.4 Å². The summed E-state index contributed by atoms with van der Waals surface area (Å²) >= 11 is 1.32. The predicted octanol–water partition coefficient (Wildman–Crippen LogP) is 3.87. The number of thiazole rings is 1. The smallest absolute Gasteiger partial charge is 0.267 e. The van der Waals surface area contributed by atoms with Crippen molar-refractivity contribution in [1.82, 2.24) is 13.7 Å². The van der Waals surface area contributed by atoms with Crippen molar-refractivity contribution < 1.29 is 13.2 Å². The van der Waals surface area contributed by atoms with E-state index in [1.165, 1.54) is 37.6 Å². The number of anilines is 1. The Bertz CT molecular complexity index is 1320. The molecule has 2 heterocycles. The van der Waals surface area contributed by atoms with Gasteiger partial charge in [0.1, 0.15) is 4.88 Å². The number of amides is 1. The number of fused-ring (bicyclic) bond motifs is 1. The van der Waals surface area contributed by atoms with Gasteiger partial charge in [-0.2, -0.15) is 0 Å². The van der Waals surface area contributed by atoms with Gasteiger partial charge in [0.25, 0.3) is 5.91 Å². The monoisotopic (exact) mass is 440 g/mol. The fraction of sp³-hybridized carbons (Fsp3) is 0.143. The molecule has 4 rings (SSSR count). The van der Waals surface area contributed by atoms with Crippen molar-refractivity contribution in [3.63, 3.8) is 0 Å². The van der Waals surface area contributed by atoms with Crippen molar-refractivity contribution >= 4 is 37.9 Å². The van der Waals surface area contributed by atoms with Crippen LogP contribution in [-0.2, 0) is 10.0 Å². The molecular weight excluding hydrogens is 420 g/mol. The average molecular weight is 441 g/mol. The van der Waals surface area contributed by atoms with E-state index in [-0.39, 0.29) is 10.8 Å². The molecule has 0 radical (unpaired) electrons. The van der Waals surface area contributed by atoms with Crippen molar-refractivity contribution in [3.05, 3.63) is 71.4 Å². The third-order valence-corrected chi connectivity index (χ3v) is 7.71. The fourth-order valence-corrected chi connectivity index (χ4v) is 4.92. The van der Waals surface area contributed by atoms with Gasteiger partial charge in [-0.15, -0.1) is 0 Å². The third kappa shape index (κ3) is 3.62. The number of aryl methyl sites for hydroxylation is 1. The molecule has 0 saturated heterocycles. The van der Waals surface area contributed by atoms with E-state index in [4.69, 9.17) is 0 Å². The van der Waals surface area contributed by atoms with Gasteiger partial charge in [0.2, 0.25) is 10.0 Å². The summed E-state index contributed by atoms with van der Waals surface area (Å²) < 4.78 is 27.4. The molecule has 0 bridgehead atoms. The highest BCUT2D eigenvalue weighted by molar-refractivity contribution is 7.89. The average Bonchev–Trinajstić information content (AvgIpc) is 3.28. The van der Waals surface area contributed by atoms with Crippen LogP contribution in [0.2, 0.25) is 0 Å². The van der Waals surface area contributed by atoms with E-state index in [1.54, 1.807) is 12.1 Å². The Morgan fingerprint density at radius 2 is 1.73 bits per heavy atom. The molecule has 2 aromatic carbocycles. The van der Waals surface area contributed by atoms with Crippen LogP contribution in [0.3, 0.4) is 0 Å². The van der Waals surface area contributed by atoms with Crippen LogP contribution in [0.5, 0.6) is 0 Å². The number of imidazole rings is 1. The van der Waals surface area contributed by atoms with Gasteiger partial charge >= 0.3 is 0 Å². The summed E-state index contributed by atoms with van der Waals surface area (Å²) in [7, 11) is -0.554. The number of nitrogens with zero attached hydrogens (tertiary/aromatic N) is 3. The Labute approximate surface area is 178 Å². The Morgan fingerprint density at radius 3 is 2.33 bits per heavy atom. The van der Waals surface area contributed by atoms with Crippen molar-refractivity contribution in [2.75, 3.05) is 19.4 Å². The maximum Gasteiger partial charge on any atom is 0.267 e. The molecule has 4 aromatic rings. The fourth-order valence-electron chi connectivity index (χ4n) is 3.02. The summed E-state index contributed by atoms with van der Waals surface area (Å²) in [5.74, 6) is -0.257. The van der Waals surface area contributed by atoms with Gasteiger partial charge in [0.15, 0.2) is 4.96 Å². The summed E-state index contributed by atoms with van der Waals surface area (Å²) in [5, 5.41) is 2.83. The largest absolute Gasteiger partial charge is 0.321 e. The number of rotatable bonds is 5. The highest BCUT2D eigenvalue weighted by Crippen LogP contribution is 2.28. The van der Waals surface area contributed by atoms with Crippen molar-refractivity contribution in [2.45, 2.75) is 11.8 Å². The number of hydrogen-bond acceptors (Lipinski definition) is 5. The zero-order chi connectivity index (χ0) is 21.5. The maximum atomic E-state index is 12.8. The first-order valence-electron chi connectivity index (χ1n) is 9.15. The molecular formula is C21H20N4O3S2. The number of carbonyl (C=O) groups is 1. The van der Waals surface area contributed by atoms with Gasteiger partial charge in [0.05, 0.1) is 10.6 Å². The van der Waals surface area contributed by atoms with Crippen LogP contribution in [0.25, 0.3) is 16.2 Å². The second kappa shape index (κ2) is 7.67. The molecule has 30 heavy (non-hydrogen) atoms. The van der Waals surface area contributed by atoms with Crippen LogP contribution in [0, 0.1) is 6.92 Å². The molecule has 0 aliphatic carbocycles. The molecule has 0 saturated carbocycles. The zero-order valence-corrected chi connectivity index (χ0v) is 18.3. The number of hydrogen-bond donors (Lipinski definition) is 1. The lowest BCUT2D eigenvalue weighted by molar-refractivity contribution is 0.102. The summed E-state index contributed by atoms with van der Waals surface area (Å²) in [6.45, 7) is 1.88. The Kier molecular flexibility index (Phi) is 5.19. The number of nitrogens with one attached hydrogen (secondary N) is 1. The molecule has 7 nitrogen and oxygen atoms in total. The second-order valence-corrected chi connectivity index (χ2v) is 10.1. The van der Waals surface area contributed by atoms with Crippen LogP contribution >= 0.6 is 11.3 Å². The molecule has 0 unspecified atom stereocenters. The van der Waals surface area contributed by atoms with Crippen molar-refractivity contribution in [2.24, 2.45) is 0 Å². The Morgan fingerprint density at radius 1 is 1.07 bits per heavy atom. The number of benzene rings is 2. The van der Waals surface area contributed by atoms with Crippen LogP contribution in [0.15, 0.2) is 65.7 Å². The summed E-state index contributed by atoms with van der Waals surface area (Å²) in [5.41, 5.74) is 3.20.